The third-order valence-corrected chi connectivity index (χ3v) is 3.25. The maximum atomic E-state index is 11.9. The number of amides is 1. The van der Waals surface area contributed by atoms with Crippen LogP contribution in [0.3, 0.4) is 0 Å². The fourth-order valence-electron chi connectivity index (χ4n) is 2.16. The number of piperidine rings is 1. The third-order valence-electron chi connectivity index (χ3n) is 3.07. The Bertz CT molecular complexity index is 453. The number of alkyl halides is 1. The molecular weight excluding hydrogens is 266 g/mol. The molecule has 2 atom stereocenters. The summed E-state index contributed by atoms with van der Waals surface area (Å²) in [6.45, 7) is 4.83. The number of hydrogen-bond acceptors (Lipinski definition) is 4. The van der Waals surface area contributed by atoms with Crippen LogP contribution in [0.25, 0.3) is 0 Å². The molecule has 1 aromatic heterocycles. The number of nitrogens with zero attached hydrogens (tertiary/aromatic N) is 3. The molecule has 0 aliphatic carbocycles. The van der Waals surface area contributed by atoms with Crippen molar-refractivity contribution in [3.8, 4) is 5.88 Å². The molecule has 6 heteroatoms. The van der Waals surface area contributed by atoms with Gasteiger partial charge in [0.05, 0.1) is 6.54 Å². The first-order chi connectivity index (χ1) is 9.06. The van der Waals surface area contributed by atoms with Crippen LogP contribution in [0.5, 0.6) is 5.88 Å². The Morgan fingerprint density at radius 3 is 3.11 bits per heavy atom. The second-order valence-corrected chi connectivity index (χ2v) is 5.38. The van der Waals surface area contributed by atoms with Gasteiger partial charge in [-0.25, -0.2) is 4.98 Å². The molecule has 1 amide bonds. The van der Waals surface area contributed by atoms with Gasteiger partial charge in [-0.1, -0.05) is 0 Å². The molecule has 0 bridgehead atoms. The van der Waals surface area contributed by atoms with Crippen LogP contribution in [0.1, 0.15) is 25.6 Å². The minimum absolute atomic E-state index is 0.0255. The second-order valence-electron chi connectivity index (χ2n) is 4.72. The largest absolute Gasteiger partial charge is 0.472 e. The Balaban J connectivity index is 1.96. The van der Waals surface area contributed by atoms with Crippen molar-refractivity contribution in [2.45, 2.75) is 38.2 Å². The predicted molar refractivity (Wildman–Crippen MR) is 72.3 cm³/mol. The van der Waals surface area contributed by atoms with E-state index in [1.54, 1.807) is 24.1 Å². The van der Waals surface area contributed by atoms with Gasteiger partial charge in [0.1, 0.15) is 17.3 Å². The van der Waals surface area contributed by atoms with Gasteiger partial charge in [0, 0.05) is 18.8 Å². The number of aryl methyl sites for hydroxylation is 1. The van der Waals surface area contributed by atoms with Gasteiger partial charge in [-0.15, -0.1) is 11.6 Å². The normalized spacial score (nSPS) is 21.0. The highest BCUT2D eigenvalue weighted by molar-refractivity contribution is 6.30. The lowest BCUT2D eigenvalue weighted by Gasteiger charge is -2.33. The van der Waals surface area contributed by atoms with E-state index in [0.717, 1.165) is 19.4 Å². The average molecular weight is 284 g/mol. The highest BCUT2D eigenvalue weighted by Crippen LogP contribution is 2.17. The number of likely N-dealkylation sites (tertiary alicyclic amines) is 1. The van der Waals surface area contributed by atoms with Crippen LogP contribution in [0, 0.1) is 6.92 Å². The van der Waals surface area contributed by atoms with Crippen molar-refractivity contribution in [1.82, 2.24) is 14.9 Å². The minimum Gasteiger partial charge on any atom is -0.472 e. The molecule has 1 saturated heterocycles. The molecule has 104 valence electrons. The smallest absolute Gasteiger partial charge is 0.240 e. The molecule has 19 heavy (non-hydrogen) atoms. The molecule has 2 rings (SSSR count). The van der Waals surface area contributed by atoms with Gasteiger partial charge >= 0.3 is 0 Å². The van der Waals surface area contributed by atoms with Crippen molar-refractivity contribution in [2.24, 2.45) is 0 Å². The van der Waals surface area contributed by atoms with E-state index in [-0.39, 0.29) is 12.0 Å². The van der Waals surface area contributed by atoms with E-state index in [2.05, 4.69) is 9.97 Å². The number of rotatable bonds is 3. The van der Waals surface area contributed by atoms with Gasteiger partial charge in [0.15, 0.2) is 0 Å². The standard InChI is InChI=1S/C13H18ClN3O2/c1-9(14)13(18)17-7-3-4-11(8-17)19-12-5-6-15-10(2)16-12/h5-6,9,11H,3-4,7-8H2,1-2H3. The lowest BCUT2D eigenvalue weighted by molar-refractivity contribution is -0.133. The Morgan fingerprint density at radius 2 is 2.42 bits per heavy atom. The summed E-state index contributed by atoms with van der Waals surface area (Å²) in [5, 5.41) is -0.486. The molecule has 1 aromatic rings. The van der Waals surface area contributed by atoms with Crippen LogP contribution >= 0.6 is 11.6 Å². The number of aromatic nitrogens is 2. The highest BCUT2D eigenvalue weighted by atomic mass is 35.5. The number of hydrogen-bond donors (Lipinski definition) is 0. The van der Waals surface area contributed by atoms with Gasteiger partial charge in [-0.2, -0.15) is 4.98 Å². The zero-order valence-electron chi connectivity index (χ0n) is 11.2. The zero-order chi connectivity index (χ0) is 13.8. The van der Waals surface area contributed by atoms with Crippen LogP contribution < -0.4 is 4.74 Å². The Hall–Kier alpha value is -1.36. The number of halogens is 1. The lowest BCUT2D eigenvalue weighted by Crippen LogP contribution is -2.46. The van der Waals surface area contributed by atoms with Crippen LogP contribution in [0.4, 0.5) is 0 Å². The summed E-state index contributed by atoms with van der Waals surface area (Å²) in [4.78, 5) is 21.9. The molecule has 0 saturated carbocycles. The third kappa shape index (κ3) is 3.80. The Morgan fingerprint density at radius 1 is 1.63 bits per heavy atom. The van der Waals surface area contributed by atoms with Gasteiger partial charge < -0.3 is 9.64 Å². The zero-order valence-corrected chi connectivity index (χ0v) is 11.9. The van der Waals surface area contributed by atoms with Crippen molar-refractivity contribution in [3.05, 3.63) is 18.1 Å². The number of carbonyl (C=O) groups is 1. The number of carbonyl (C=O) groups excluding carboxylic acids is 1. The van der Waals surface area contributed by atoms with Crippen LogP contribution in [0.2, 0.25) is 0 Å². The summed E-state index contributed by atoms with van der Waals surface area (Å²) in [5.41, 5.74) is 0. The fraction of sp³-hybridized carbons (Fsp3) is 0.615. The minimum atomic E-state index is -0.486. The quantitative estimate of drug-likeness (QED) is 0.794. The monoisotopic (exact) mass is 283 g/mol. The van der Waals surface area contributed by atoms with Crippen molar-refractivity contribution in [2.75, 3.05) is 13.1 Å². The van der Waals surface area contributed by atoms with E-state index in [0.29, 0.717) is 18.2 Å². The van der Waals surface area contributed by atoms with Crippen molar-refractivity contribution in [3.63, 3.8) is 0 Å². The predicted octanol–water partition coefficient (Wildman–Crippen LogP) is 1.78. The van der Waals surface area contributed by atoms with Crippen LogP contribution in [-0.4, -0.2) is 45.3 Å². The van der Waals surface area contributed by atoms with Crippen molar-refractivity contribution >= 4 is 17.5 Å². The molecule has 1 aliphatic heterocycles. The van der Waals surface area contributed by atoms with E-state index >= 15 is 0 Å². The summed E-state index contributed by atoms with van der Waals surface area (Å²) in [6.07, 6.45) is 3.49. The molecular formula is C13H18ClN3O2. The summed E-state index contributed by atoms with van der Waals surface area (Å²) in [6, 6.07) is 1.73. The van der Waals surface area contributed by atoms with Gasteiger partial charge in [-0.05, 0) is 26.7 Å². The van der Waals surface area contributed by atoms with E-state index in [1.165, 1.54) is 0 Å². The molecule has 0 N–H and O–H groups in total. The molecule has 0 aromatic carbocycles. The fourth-order valence-corrected chi connectivity index (χ4v) is 2.30. The maximum Gasteiger partial charge on any atom is 0.240 e. The van der Waals surface area contributed by atoms with Gasteiger partial charge in [-0.3, -0.25) is 4.79 Å². The average Bonchev–Trinajstić information content (AvgIpc) is 2.38. The lowest BCUT2D eigenvalue weighted by atomic mass is 10.1. The van der Waals surface area contributed by atoms with Crippen molar-refractivity contribution in [1.29, 1.82) is 0 Å². The van der Waals surface area contributed by atoms with Crippen LogP contribution in [0.15, 0.2) is 12.3 Å². The van der Waals surface area contributed by atoms with E-state index < -0.39 is 5.38 Å². The van der Waals surface area contributed by atoms with E-state index in [9.17, 15) is 4.79 Å². The van der Waals surface area contributed by atoms with Crippen molar-refractivity contribution < 1.29 is 9.53 Å². The molecule has 1 aliphatic rings. The first-order valence-corrected chi connectivity index (χ1v) is 6.89. The molecule has 2 heterocycles. The SMILES string of the molecule is Cc1nccc(OC2CCCN(C(=O)C(C)Cl)C2)n1. The van der Waals surface area contributed by atoms with Gasteiger partial charge in [0.2, 0.25) is 11.8 Å². The van der Waals surface area contributed by atoms with Gasteiger partial charge in [0.25, 0.3) is 0 Å². The first-order valence-electron chi connectivity index (χ1n) is 6.45. The van der Waals surface area contributed by atoms with Crippen LogP contribution in [-0.2, 0) is 4.79 Å². The first kappa shape index (κ1) is 14.1. The summed E-state index contributed by atoms with van der Waals surface area (Å²) < 4.78 is 5.81. The van der Waals surface area contributed by atoms with E-state index in [4.69, 9.17) is 16.3 Å². The maximum absolute atomic E-state index is 11.9. The Kier molecular flexibility index (Phi) is 4.58. The summed E-state index contributed by atoms with van der Waals surface area (Å²) in [7, 11) is 0. The Labute approximate surface area is 117 Å². The molecule has 0 spiro atoms. The summed E-state index contributed by atoms with van der Waals surface area (Å²) >= 11 is 5.84. The highest BCUT2D eigenvalue weighted by Gasteiger charge is 2.27. The molecule has 1 fully saturated rings. The molecule has 2 unspecified atom stereocenters. The topological polar surface area (TPSA) is 55.3 Å². The van der Waals surface area contributed by atoms with E-state index in [1.807, 2.05) is 6.92 Å². The molecule has 5 nitrogen and oxygen atoms in total. The summed E-state index contributed by atoms with van der Waals surface area (Å²) in [5.74, 6) is 1.20. The number of ether oxygens (including phenoxy) is 1. The molecule has 0 radical (unpaired) electrons. The second kappa shape index (κ2) is 6.19.